The van der Waals surface area contributed by atoms with E-state index in [0.717, 1.165) is 0 Å². The topological polar surface area (TPSA) is 74.2 Å². The third-order valence-electron chi connectivity index (χ3n) is 4.17. The molecule has 1 aliphatic rings. The summed E-state index contributed by atoms with van der Waals surface area (Å²) in [4.78, 5) is 14.0. The van der Waals surface area contributed by atoms with Gasteiger partial charge < -0.3 is 14.7 Å². The zero-order chi connectivity index (χ0) is 18.5. The minimum absolute atomic E-state index is 0.0806. The summed E-state index contributed by atoms with van der Waals surface area (Å²) in [5.41, 5.74) is 4.42. The van der Waals surface area contributed by atoms with Crippen molar-refractivity contribution >= 4 is 17.3 Å². The van der Waals surface area contributed by atoms with E-state index in [-0.39, 0.29) is 11.6 Å². The van der Waals surface area contributed by atoms with Gasteiger partial charge in [-0.1, -0.05) is 6.07 Å². The summed E-state index contributed by atoms with van der Waals surface area (Å²) in [5, 5.41) is 13.3. The van der Waals surface area contributed by atoms with Crippen LogP contribution in [0.4, 0.5) is 10.1 Å². The minimum Gasteiger partial charge on any atom is -0.508 e. The first-order valence-corrected chi connectivity index (χ1v) is 8.31. The van der Waals surface area contributed by atoms with Crippen molar-refractivity contribution in [3.63, 3.8) is 0 Å². The molecule has 2 aromatic carbocycles. The number of benzene rings is 2. The number of rotatable bonds is 4. The van der Waals surface area contributed by atoms with Gasteiger partial charge >= 0.3 is 0 Å². The fraction of sp³-hybridized carbons (Fsp3) is 0.263. The Morgan fingerprint density at radius 3 is 2.46 bits per heavy atom. The van der Waals surface area contributed by atoms with Gasteiger partial charge in [0.05, 0.1) is 24.6 Å². The van der Waals surface area contributed by atoms with E-state index in [1.807, 2.05) is 4.90 Å². The van der Waals surface area contributed by atoms with Crippen LogP contribution in [0.5, 0.6) is 5.75 Å². The van der Waals surface area contributed by atoms with Crippen molar-refractivity contribution in [2.75, 3.05) is 31.2 Å². The van der Waals surface area contributed by atoms with E-state index in [1.165, 1.54) is 30.3 Å². The van der Waals surface area contributed by atoms with Gasteiger partial charge in [-0.2, -0.15) is 5.10 Å². The van der Waals surface area contributed by atoms with Crippen LogP contribution in [0.1, 0.15) is 22.8 Å². The van der Waals surface area contributed by atoms with Crippen LogP contribution in [0.25, 0.3) is 0 Å². The largest absolute Gasteiger partial charge is 0.508 e. The number of phenolic OH excluding ortho intramolecular Hbond substituents is 1. The molecule has 7 heteroatoms. The van der Waals surface area contributed by atoms with E-state index in [0.29, 0.717) is 48.8 Å². The maximum absolute atomic E-state index is 14.4. The van der Waals surface area contributed by atoms with Crippen molar-refractivity contribution in [2.24, 2.45) is 5.10 Å². The lowest BCUT2D eigenvalue weighted by molar-refractivity contribution is 0.0955. The molecule has 0 aliphatic carbocycles. The Bertz CT molecular complexity index is 815. The Morgan fingerprint density at radius 2 is 1.81 bits per heavy atom. The number of aromatic hydroxyl groups is 1. The molecule has 1 saturated heterocycles. The van der Waals surface area contributed by atoms with Gasteiger partial charge in [-0.05, 0) is 43.3 Å². The van der Waals surface area contributed by atoms with Gasteiger partial charge in [0.2, 0.25) is 0 Å². The number of morpholine rings is 1. The normalized spacial score (nSPS) is 15.0. The molecular weight excluding hydrogens is 337 g/mol. The van der Waals surface area contributed by atoms with Gasteiger partial charge in [0.25, 0.3) is 5.91 Å². The number of ether oxygens (including phenoxy) is 1. The lowest BCUT2D eigenvalue weighted by Gasteiger charge is -2.29. The maximum Gasteiger partial charge on any atom is 0.271 e. The minimum atomic E-state index is -0.408. The Balaban J connectivity index is 1.69. The van der Waals surface area contributed by atoms with Crippen LogP contribution in [-0.4, -0.2) is 43.0 Å². The lowest BCUT2D eigenvalue weighted by Crippen LogP contribution is -2.36. The zero-order valence-corrected chi connectivity index (χ0v) is 14.4. The number of hydrogen-bond acceptors (Lipinski definition) is 5. The van der Waals surface area contributed by atoms with Gasteiger partial charge in [-0.3, -0.25) is 4.79 Å². The average Bonchev–Trinajstić information content (AvgIpc) is 2.67. The second-order valence-corrected chi connectivity index (χ2v) is 5.95. The van der Waals surface area contributed by atoms with Gasteiger partial charge in [0, 0.05) is 24.2 Å². The Kier molecular flexibility index (Phi) is 5.48. The molecule has 26 heavy (non-hydrogen) atoms. The van der Waals surface area contributed by atoms with Crippen LogP contribution in [0.3, 0.4) is 0 Å². The highest BCUT2D eigenvalue weighted by Crippen LogP contribution is 2.22. The number of hydrogen-bond donors (Lipinski definition) is 2. The van der Waals surface area contributed by atoms with Gasteiger partial charge in [-0.15, -0.1) is 0 Å². The number of carbonyl (C=O) groups excluding carboxylic acids is 1. The van der Waals surface area contributed by atoms with Crippen molar-refractivity contribution in [1.29, 1.82) is 0 Å². The molecule has 6 nitrogen and oxygen atoms in total. The van der Waals surface area contributed by atoms with Crippen molar-refractivity contribution in [1.82, 2.24) is 5.43 Å². The average molecular weight is 357 g/mol. The SMILES string of the molecule is C/C(=N/NC(=O)c1ccc(O)cc1)c1ccc(N2CCOCC2)c(F)c1. The second kappa shape index (κ2) is 7.97. The molecule has 0 aromatic heterocycles. The van der Waals surface area contributed by atoms with E-state index in [2.05, 4.69) is 10.5 Å². The molecule has 0 saturated carbocycles. The predicted octanol–water partition coefficient (Wildman–Crippen LogP) is 2.52. The van der Waals surface area contributed by atoms with Crippen LogP contribution < -0.4 is 10.3 Å². The molecule has 3 rings (SSSR count). The number of carbonyl (C=O) groups is 1. The molecule has 1 amide bonds. The molecule has 2 N–H and O–H groups in total. The summed E-state index contributed by atoms with van der Waals surface area (Å²) in [7, 11) is 0. The summed E-state index contributed by atoms with van der Waals surface area (Å²) in [6.45, 7) is 4.19. The maximum atomic E-state index is 14.4. The van der Waals surface area contributed by atoms with E-state index >= 15 is 0 Å². The van der Waals surface area contributed by atoms with E-state index in [4.69, 9.17) is 4.74 Å². The number of anilines is 1. The van der Waals surface area contributed by atoms with Gasteiger partial charge in [0.15, 0.2) is 0 Å². The molecular formula is C19H20FN3O3. The van der Waals surface area contributed by atoms with Crippen molar-refractivity contribution in [3.8, 4) is 5.75 Å². The Hall–Kier alpha value is -2.93. The third kappa shape index (κ3) is 4.18. The van der Waals surface area contributed by atoms with Crippen LogP contribution in [0.2, 0.25) is 0 Å². The highest BCUT2D eigenvalue weighted by molar-refractivity contribution is 6.01. The summed E-state index contributed by atoms with van der Waals surface area (Å²) >= 11 is 0. The number of hydrazone groups is 1. The van der Waals surface area contributed by atoms with Crippen LogP contribution in [0.15, 0.2) is 47.6 Å². The zero-order valence-electron chi connectivity index (χ0n) is 14.4. The fourth-order valence-corrected chi connectivity index (χ4v) is 2.67. The molecule has 0 bridgehead atoms. The molecule has 0 atom stereocenters. The summed E-state index contributed by atoms with van der Waals surface area (Å²) in [6, 6.07) is 10.7. The number of nitrogens with zero attached hydrogens (tertiary/aromatic N) is 2. The van der Waals surface area contributed by atoms with Crippen LogP contribution in [0, 0.1) is 5.82 Å². The smallest absolute Gasteiger partial charge is 0.271 e. The number of halogens is 1. The number of amides is 1. The number of phenols is 1. The molecule has 0 radical (unpaired) electrons. The Labute approximate surface area is 150 Å². The first kappa shape index (κ1) is 17.9. The molecule has 0 unspecified atom stereocenters. The molecule has 1 fully saturated rings. The van der Waals surface area contributed by atoms with Crippen molar-refractivity contribution < 1.29 is 19.0 Å². The predicted molar refractivity (Wildman–Crippen MR) is 97.2 cm³/mol. The van der Waals surface area contributed by atoms with E-state index in [9.17, 15) is 14.3 Å². The van der Waals surface area contributed by atoms with Gasteiger partial charge in [-0.25, -0.2) is 9.82 Å². The summed E-state index contributed by atoms with van der Waals surface area (Å²) in [6.07, 6.45) is 0. The molecule has 136 valence electrons. The van der Waals surface area contributed by atoms with Crippen LogP contribution in [-0.2, 0) is 4.74 Å². The monoisotopic (exact) mass is 357 g/mol. The van der Waals surface area contributed by atoms with Crippen molar-refractivity contribution in [3.05, 3.63) is 59.4 Å². The van der Waals surface area contributed by atoms with E-state index < -0.39 is 5.91 Å². The number of nitrogens with one attached hydrogen (secondary N) is 1. The van der Waals surface area contributed by atoms with Gasteiger partial charge in [0.1, 0.15) is 11.6 Å². The summed E-state index contributed by atoms with van der Waals surface area (Å²) in [5.74, 6) is -0.657. The third-order valence-corrected chi connectivity index (χ3v) is 4.17. The molecule has 0 spiro atoms. The highest BCUT2D eigenvalue weighted by atomic mass is 19.1. The Morgan fingerprint density at radius 1 is 1.15 bits per heavy atom. The first-order valence-electron chi connectivity index (χ1n) is 8.31. The van der Waals surface area contributed by atoms with Crippen LogP contribution >= 0.6 is 0 Å². The van der Waals surface area contributed by atoms with E-state index in [1.54, 1.807) is 19.1 Å². The standard InChI is InChI=1S/C19H20FN3O3/c1-13(21-22-19(25)14-2-5-16(24)6-3-14)15-4-7-18(17(20)12-15)23-8-10-26-11-9-23/h2-7,12,24H,8-11H2,1H3,(H,22,25)/b21-13-. The second-order valence-electron chi connectivity index (χ2n) is 5.95. The fourth-order valence-electron chi connectivity index (χ4n) is 2.67. The highest BCUT2D eigenvalue weighted by Gasteiger charge is 2.16. The molecule has 1 aliphatic heterocycles. The first-order chi connectivity index (χ1) is 12.5. The quantitative estimate of drug-likeness (QED) is 0.651. The molecule has 2 aromatic rings. The molecule has 1 heterocycles. The summed E-state index contributed by atoms with van der Waals surface area (Å²) < 4.78 is 19.7. The lowest BCUT2D eigenvalue weighted by atomic mass is 10.1. The van der Waals surface area contributed by atoms with Crippen molar-refractivity contribution in [2.45, 2.75) is 6.92 Å².